The van der Waals surface area contributed by atoms with Crippen molar-refractivity contribution in [3.05, 3.63) is 30.0 Å². The number of nitrogens with two attached hydrogens (primary N) is 1. The lowest BCUT2D eigenvalue weighted by molar-refractivity contribution is 0.0947. The number of carbonyl (C=O) groups is 1. The van der Waals surface area contributed by atoms with Crippen molar-refractivity contribution in [2.75, 3.05) is 6.54 Å². The monoisotopic (exact) mass is 246 g/mol. The van der Waals surface area contributed by atoms with Crippen molar-refractivity contribution in [2.45, 2.75) is 19.4 Å². The summed E-state index contributed by atoms with van der Waals surface area (Å²) < 4.78 is 1.71. The predicted molar refractivity (Wildman–Crippen MR) is 71.3 cm³/mol. The van der Waals surface area contributed by atoms with Crippen LogP contribution in [0.1, 0.15) is 23.8 Å². The van der Waals surface area contributed by atoms with Crippen LogP contribution < -0.4 is 11.1 Å². The number of para-hydroxylation sites is 1. The first-order valence-corrected chi connectivity index (χ1v) is 6.09. The average Bonchev–Trinajstić information content (AvgIpc) is 2.74. The number of hydrogen-bond donors (Lipinski definition) is 2. The Labute approximate surface area is 106 Å². The third kappa shape index (κ3) is 2.36. The summed E-state index contributed by atoms with van der Waals surface area (Å²) in [5.74, 6) is -0.171. The normalized spacial score (nSPS) is 12.6. The Morgan fingerprint density at radius 2 is 2.22 bits per heavy atom. The van der Waals surface area contributed by atoms with Crippen molar-refractivity contribution < 1.29 is 4.79 Å². The van der Waals surface area contributed by atoms with Crippen LogP contribution in [-0.2, 0) is 7.05 Å². The highest BCUT2D eigenvalue weighted by Gasteiger charge is 2.15. The van der Waals surface area contributed by atoms with Crippen LogP contribution in [-0.4, -0.2) is 28.3 Å². The van der Waals surface area contributed by atoms with E-state index in [1.807, 2.05) is 38.2 Å². The molecule has 2 rings (SSSR count). The number of fused-ring (bicyclic) bond motifs is 1. The predicted octanol–water partition coefficient (Wildman–Crippen LogP) is 1.04. The number of benzene rings is 1. The summed E-state index contributed by atoms with van der Waals surface area (Å²) in [6.45, 7) is 2.47. The molecule has 1 unspecified atom stereocenters. The van der Waals surface area contributed by atoms with E-state index in [2.05, 4.69) is 10.4 Å². The fourth-order valence-electron chi connectivity index (χ4n) is 1.83. The fourth-order valence-corrected chi connectivity index (χ4v) is 1.83. The third-order valence-electron chi connectivity index (χ3n) is 3.02. The number of hydrogen-bond acceptors (Lipinski definition) is 3. The summed E-state index contributed by atoms with van der Waals surface area (Å²) in [5, 5.41) is 7.94. The lowest BCUT2D eigenvalue weighted by Gasteiger charge is -2.09. The molecule has 18 heavy (non-hydrogen) atoms. The van der Waals surface area contributed by atoms with Crippen LogP contribution in [0.15, 0.2) is 24.3 Å². The molecule has 3 N–H and O–H groups in total. The lowest BCUT2D eigenvalue weighted by atomic mass is 10.2. The number of nitrogens with one attached hydrogen (secondary N) is 1. The molecule has 0 aliphatic rings. The Morgan fingerprint density at radius 1 is 1.50 bits per heavy atom. The van der Waals surface area contributed by atoms with E-state index in [9.17, 15) is 4.79 Å². The van der Waals surface area contributed by atoms with Crippen LogP contribution in [0, 0.1) is 0 Å². The molecule has 1 aromatic carbocycles. The van der Waals surface area contributed by atoms with Gasteiger partial charge < -0.3 is 11.1 Å². The summed E-state index contributed by atoms with van der Waals surface area (Å²) in [4.78, 5) is 12.0. The largest absolute Gasteiger partial charge is 0.349 e. The van der Waals surface area contributed by atoms with Crippen molar-refractivity contribution in [2.24, 2.45) is 12.8 Å². The van der Waals surface area contributed by atoms with E-state index in [-0.39, 0.29) is 11.9 Å². The van der Waals surface area contributed by atoms with Crippen molar-refractivity contribution in [1.82, 2.24) is 15.1 Å². The molecule has 0 radical (unpaired) electrons. The molecule has 0 saturated carbocycles. The van der Waals surface area contributed by atoms with Crippen LogP contribution in [0.3, 0.4) is 0 Å². The highest BCUT2D eigenvalue weighted by molar-refractivity contribution is 6.04. The number of carbonyl (C=O) groups excluding carboxylic acids is 1. The summed E-state index contributed by atoms with van der Waals surface area (Å²) in [6, 6.07) is 7.66. The number of rotatable bonds is 4. The maximum absolute atomic E-state index is 12.0. The third-order valence-corrected chi connectivity index (χ3v) is 3.02. The molecule has 5 heteroatoms. The lowest BCUT2D eigenvalue weighted by Crippen LogP contribution is -2.36. The summed E-state index contributed by atoms with van der Waals surface area (Å²) in [5.41, 5.74) is 7.18. The minimum Gasteiger partial charge on any atom is -0.349 e. The number of amides is 1. The van der Waals surface area contributed by atoms with E-state index in [0.29, 0.717) is 12.2 Å². The van der Waals surface area contributed by atoms with Gasteiger partial charge in [0.15, 0.2) is 5.69 Å². The minimum atomic E-state index is -0.171. The Morgan fingerprint density at radius 3 is 2.94 bits per heavy atom. The Hall–Kier alpha value is -1.88. The van der Waals surface area contributed by atoms with Crippen molar-refractivity contribution in [3.63, 3.8) is 0 Å². The molecule has 96 valence electrons. The van der Waals surface area contributed by atoms with Gasteiger partial charge in [-0.3, -0.25) is 9.48 Å². The van der Waals surface area contributed by atoms with E-state index in [0.717, 1.165) is 17.3 Å². The van der Waals surface area contributed by atoms with Gasteiger partial charge in [0.05, 0.1) is 5.52 Å². The Bertz CT molecular complexity index is 561. The van der Waals surface area contributed by atoms with E-state index >= 15 is 0 Å². The Kier molecular flexibility index (Phi) is 3.62. The first kappa shape index (κ1) is 12.6. The van der Waals surface area contributed by atoms with Gasteiger partial charge >= 0.3 is 0 Å². The zero-order valence-corrected chi connectivity index (χ0v) is 10.7. The van der Waals surface area contributed by atoms with Crippen molar-refractivity contribution >= 4 is 16.8 Å². The van der Waals surface area contributed by atoms with Crippen molar-refractivity contribution in [1.29, 1.82) is 0 Å². The van der Waals surface area contributed by atoms with Crippen LogP contribution in [0.25, 0.3) is 10.9 Å². The molecule has 0 bridgehead atoms. The van der Waals surface area contributed by atoms with Gasteiger partial charge in [-0.15, -0.1) is 0 Å². The van der Waals surface area contributed by atoms with Gasteiger partial charge in [0.1, 0.15) is 0 Å². The molecular formula is C13H18N4O. The van der Waals surface area contributed by atoms with Crippen molar-refractivity contribution in [3.8, 4) is 0 Å². The average molecular weight is 246 g/mol. The SMILES string of the molecule is CCC(N)CNC(=O)c1nn(C)c2ccccc12. The van der Waals surface area contributed by atoms with Gasteiger partial charge in [-0.25, -0.2) is 0 Å². The highest BCUT2D eigenvalue weighted by Crippen LogP contribution is 2.17. The number of aryl methyl sites for hydroxylation is 1. The quantitative estimate of drug-likeness (QED) is 0.846. The molecule has 1 aromatic heterocycles. The molecule has 0 spiro atoms. The van der Waals surface area contributed by atoms with Gasteiger partial charge in [0.25, 0.3) is 5.91 Å². The molecule has 1 amide bonds. The number of nitrogens with zero attached hydrogens (tertiary/aromatic N) is 2. The Balaban J connectivity index is 2.23. The van der Waals surface area contributed by atoms with Crippen LogP contribution >= 0.6 is 0 Å². The zero-order chi connectivity index (χ0) is 13.1. The smallest absolute Gasteiger partial charge is 0.272 e. The molecule has 0 fully saturated rings. The first-order valence-electron chi connectivity index (χ1n) is 6.09. The standard InChI is InChI=1S/C13H18N4O/c1-3-9(14)8-15-13(18)12-10-6-4-5-7-11(10)17(2)16-12/h4-7,9H,3,8,14H2,1-2H3,(H,15,18). The highest BCUT2D eigenvalue weighted by atomic mass is 16.1. The molecule has 2 aromatic rings. The van der Waals surface area contributed by atoms with E-state index < -0.39 is 0 Å². The maximum Gasteiger partial charge on any atom is 0.272 e. The van der Waals surface area contributed by atoms with Crippen LogP contribution in [0.5, 0.6) is 0 Å². The number of aromatic nitrogens is 2. The molecule has 0 aliphatic carbocycles. The van der Waals surface area contributed by atoms with Gasteiger partial charge in [0, 0.05) is 25.0 Å². The van der Waals surface area contributed by atoms with Gasteiger partial charge in [-0.05, 0) is 12.5 Å². The molecule has 1 atom stereocenters. The summed E-state index contributed by atoms with van der Waals surface area (Å²) in [6.07, 6.45) is 0.837. The summed E-state index contributed by atoms with van der Waals surface area (Å²) in [7, 11) is 1.83. The minimum absolute atomic E-state index is 0.0103. The van der Waals surface area contributed by atoms with E-state index in [4.69, 9.17) is 5.73 Å². The second-order valence-corrected chi connectivity index (χ2v) is 4.37. The molecule has 0 aliphatic heterocycles. The molecule has 1 heterocycles. The zero-order valence-electron chi connectivity index (χ0n) is 10.7. The van der Waals surface area contributed by atoms with Gasteiger partial charge in [-0.1, -0.05) is 25.1 Å². The topological polar surface area (TPSA) is 72.9 Å². The maximum atomic E-state index is 12.0. The van der Waals surface area contributed by atoms with Gasteiger partial charge in [0.2, 0.25) is 0 Å². The second kappa shape index (κ2) is 5.18. The molecule has 5 nitrogen and oxygen atoms in total. The van der Waals surface area contributed by atoms with E-state index in [1.165, 1.54) is 0 Å². The van der Waals surface area contributed by atoms with Crippen LogP contribution in [0.2, 0.25) is 0 Å². The van der Waals surface area contributed by atoms with Crippen LogP contribution in [0.4, 0.5) is 0 Å². The molecule has 0 saturated heterocycles. The first-order chi connectivity index (χ1) is 8.63. The van der Waals surface area contributed by atoms with E-state index in [1.54, 1.807) is 4.68 Å². The van der Waals surface area contributed by atoms with Gasteiger partial charge in [-0.2, -0.15) is 5.10 Å². The summed E-state index contributed by atoms with van der Waals surface area (Å²) >= 11 is 0. The molecular weight excluding hydrogens is 228 g/mol. The fraction of sp³-hybridized carbons (Fsp3) is 0.385. The second-order valence-electron chi connectivity index (χ2n) is 4.37.